The molecule has 2 aromatic heterocycles. The zero-order chi connectivity index (χ0) is 12.4. The minimum absolute atomic E-state index is 0.470. The third-order valence-electron chi connectivity index (χ3n) is 3.23. The van der Waals surface area contributed by atoms with Crippen molar-refractivity contribution in [3.8, 4) is 0 Å². The monoisotopic (exact) mass is 231 g/mol. The Morgan fingerprint density at radius 3 is 2.71 bits per heavy atom. The van der Waals surface area contributed by atoms with E-state index < -0.39 is 0 Å². The summed E-state index contributed by atoms with van der Waals surface area (Å²) in [6.45, 7) is 8.85. The van der Waals surface area contributed by atoms with Crippen molar-refractivity contribution in [2.45, 2.75) is 46.6 Å². The first-order valence-corrected chi connectivity index (χ1v) is 6.39. The lowest BCUT2D eigenvalue weighted by atomic mass is 10.0. The van der Waals surface area contributed by atoms with Gasteiger partial charge in [0.05, 0.1) is 0 Å². The molecule has 1 atom stereocenters. The topological polar surface area (TPSA) is 30.7 Å². The molecule has 0 aliphatic heterocycles. The summed E-state index contributed by atoms with van der Waals surface area (Å²) in [5, 5.41) is 0. The second-order valence-corrected chi connectivity index (χ2v) is 5.20. The van der Waals surface area contributed by atoms with Crippen LogP contribution in [0, 0.1) is 12.8 Å². The lowest BCUT2D eigenvalue weighted by Crippen LogP contribution is -2.08. The molecule has 0 amide bonds. The van der Waals surface area contributed by atoms with Gasteiger partial charge in [0.25, 0.3) is 0 Å². The molecule has 0 aromatic carbocycles. The molecule has 2 heterocycles. The maximum Gasteiger partial charge on any atom is 0.160 e. The second kappa shape index (κ2) is 4.86. The Labute approximate surface area is 103 Å². The second-order valence-electron chi connectivity index (χ2n) is 5.20. The van der Waals surface area contributed by atoms with Gasteiger partial charge in [-0.1, -0.05) is 13.8 Å². The molecule has 0 aliphatic rings. The lowest BCUT2D eigenvalue weighted by Gasteiger charge is -2.16. The van der Waals surface area contributed by atoms with Gasteiger partial charge in [-0.15, -0.1) is 0 Å². The van der Waals surface area contributed by atoms with Crippen LogP contribution in [0.2, 0.25) is 0 Å². The van der Waals surface area contributed by atoms with Crippen LogP contribution < -0.4 is 0 Å². The summed E-state index contributed by atoms with van der Waals surface area (Å²) in [6, 6.07) is 4.44. The zero-order valence-corrected chi connectivity index (χ0v) is 11.1. The number of hydrogen-bond acceptors (Lipinski definition) is 2. The fourth-order valence-electron chi connectivity index (χ4n) is 2.27. The number of aryl methyl sites for hydroxylation is 1. The molecule has 0 N–H and O–H groups in total. The van der Waals surface area contributed by atoms with Crippen LogP contribution in [0.15, 0.2) is 18.3 Å². The van der Waals surface area contributed by atoms with E-state index in [4.69, 9.17) is 0 Å². The first-order chi connectivity index (χ1) is 8.09. The van der Waals surface area contributed by atoms with Crippen molar-refractivity contribution in [1.29, 1.82) is 0 Å². The summed E-state index contributed by atoms with van der Waals surface area (Å²) >= 11 is 0. The average molecular weight is 231 g/mol. The molecule has 0 aliphatic carbocycles. The van der Waals surface area contributed by atoms with E-state index in [-0.39, 0.29) is 0 Å². The minimum atomic E-state index is 0.470. The Hall–Kier alpha value is -1.38. The van der Waals surface area contributed by atoms with Crippen LogP contribution in [0.3, 0.4) is 0 Å². The highest BCUT2D eigenvalue weighted by molar-refractivity contribution is 5.71. The molecule has 0 radical (unpaired) electrons. The molecule has 0 bridgehead atoms. The van der Waals surface area contributed by atoms with Crippen LogP contribution in [0.1, 0.15) is 45.5 Å². The predicted molar refractivity (Wildman–Crippen MR) is 71.0 cm³/mol. The van der Waals surface area contributed by atoms with Crippen molar-refractivity contribution < 1.29 is 0 Å². The van der Waals surface area contributed by atoms with E-state index in [1.54, 1.807) is 0 Å². The quantitative estimate of drug-likeness (QED) is 0.802. The van der Waals surface area contributed by atoms with Crippen LogP contribution in [0.4, 0.5) is 0 Å². The molecule has 0 saturated carbocycles. The standard InChI is InChI=1S/C14H21N3/c1-10(2)7-8-11(3)17-12(4)16-13-6-5-9-15-14(13)17/h5-6,9-11H,7-8H2,1-4H3. The van der Waals surface area contributed by atoms with Crippen molar-refractivity contribution in [2.75, 3.05) is 0 Å². The molecule has 0 fully saturated rings. The van der Waals surface area contributed by atoms with Gasteiger partial charge in [-0.3, -0.25) is 0 Å². The number of hydrogen-bond donors (Lipinski definition) is 0. The summed E-state index contributed by atoms with van der Waals surface area (Å²) in [6.07, 6.45) is 4.27. The molecule has 3 nitrogen and oxygen atoms in total. The van der Waals surface area contributed by atoms with Crippen molar-refractivity contribution in [1.82, 2.24) is 14.5 Å². The Balaban J connectivity index is 2.30. The number of nitrogens with zero attached hydrogens (tertiary/aromatic N) is 3. The first-order valence-electron chi connectivity index (χ1n) is 6.39. The van der Waals surface area contributed by atoms with Crippen molar-refractivity contribution in [2.24, 2.45) is 5.92 Å². The molecular formula is C14H21N3. The average Bonchev–Trinajstić information content (AvgIpc) is 2.61. The van der Waals surface area contributed by atoms with Crippen LogP contribution in [-0.2, 0) is 0 Å². The predicted octanol–water partition coefficient (Wildman–Crippen LogP) is 3.74. The number of fused-ring (bicyclic) bond motifs is 1. The van der Waals surface area contributed by atoms with Gasteiger partial charge < -0.3 is 4.57 Å². The third-order valence-corrected chi connectivity index (χ3v) is 3.23. The molecule has 92 valence electrons. The molecule has 2 aromatic rings. The highest BCUT2D eigenvalue weighted by Gasteiger charge is 2.14. The summed E-state index contributed by atoms with van der Waals surface area (Å²) in [5.74, 6) is 1.82. The van der Waals surface area contributed by atoms with E-state index in [9.17, 15) is 0 Å². The normalized spacial score (nSPS) is 13.5. The maximum atomic E-state index is 4.56. The largest absolute Gasteiger partial charge is 0.310 e. The van der Waals surface area contributed by atoms with Gasteiger partial charge in [0, 0.05) is 12.2 Å². The van der Waals surface area contributed by atoms with Gasteiger partial charge in [0.1, 0.15) is 11.3 Å². The van der Waals surface area contributed by atoms with Gasteiger partial charge in [-0.05, 0) is 44.7 Å². The number of imidazole rings is 1. The van der Waals surface area contributed by atoms with E-state index >= 15 is 0 Å². The van der Waals surface area contributed by atoms with Gasteiger partial charge in [0.15, 0.2) is 5.65 Å². The summed E-state index contributed by atoms with van der Waals surface area (Å²) in [4.78, 5) is 9.01. The van der Waals surface area contributed by atoms with Crippen LogP contribution in [0.5, 0.6) is 0 Å². The van der Waals surface area contributed by atoms with Crippen molar-refractivity contribution in [3.63, 3.8) is 0 Å². The summed E-state index contributed by atoms with van der Waals surface area (Å²) in [5.41, 5.74) is 2.02. The molecule has 17 heavy (non-hydrogen) atoms. The zero-order valence-electron chi connectivity index (χ0n) is 11.1. The number of aromatic nitrogens is 3. The highest BCUT2D eigenvalue weighted by atomic mass is 15.1. The van der Waals surface area contributed by atoms with Gasteiger partial charge in [-0.2, -0.15) is 0 Å². The van der Waals surface area contributed by atoms with Crippen LogP contribution in [-0.4, -0.2) is 14.5 Å². The Morgan fingerprint density at radius 2 is 2.00 bits per heavy atom. The Kier molecular flexibility index (Phi) is 3.46. The van der Waals surface area contributed by atoms with Gasteiger partial charge in [0.2, 0.25) is 0 Å². The fraction of sp³-hybridized carbons (Fsp3) is 0.571. The van der Waals surface area contributed by atoms with Crippen LogP contribution in [0.25, 0.3) is 11.2 Å². The maximum absolute atomic E-state index is 4.56. The molecule has 0 spiro atoms. The van der Waals surface area contributed by atoms with Crippen molar-refractivity contribution in [3.05, 3.63) is 24.2 Å². The summed E-state index contributed by atoms with van der Waals surface area (Å²) < 4.78 is 2.26. The highest BCUT2D eigenvalue weighted by Crippen LogP contribution is 2.23. The molecule has 1 unspecified atom stereocenters. The molecular weight excluding hydrogens is 210 g/mol. The first kappa shape index (κ1) is 12.1. The minimum Gasteiger partial charge on any atom is -0.310 e. The SMILES string of the molecule is Cc1nc2cccnc2n1C(C)CCC(C)C. The number of rotatable bonds is 4. The van der Waals surface area contributed by atoms with E-state index in [1.807, 2.05) is 18.3 Å². The summed E-state index contributed by atoms with van der Waals surface area (Å²) in [7, 11) is 0. The fourth-order valence-corrected chi connectivity index (χ4v) is 2.27. The molecule has 0 saturated heterocycles. The van der Waals surface area contributed by atoms with E-state index in [0.717, 1.165) is 22.9 Å². The Morgan fingerprint density at radius 1 is 1.24 bits per heavy atom. The Bertz CT molecular complexity index is 499. The third kappa shape index (κ3) is 2.48. The van der Waals surface area contributed by atoms with Gasteiger partial charge >= 0.3 is 0 Å². The number of pyridine rings is 1. The van der Waals surface area contributed by atoms with E-state index in [2.05, 4.69) is 42.2 Å². The van der Waals surface area contributed by atoms with E-state index in [1.165, 1.54) is 12.8 Å². The van der Waals surface area contributed by atoms with Crippen molar-refractivity contribution >= 4 is 11.2 Å². The lowest BCUT2D eigenvalue weighted by molar-refractivity contribution is 0.439. The molecule has 2 rings (SSSR count). The van der Waals surface area contributed by atoms with E-state index in [0.29, 0.717) is 6.04 Å². The smallest absolute Gasteiger partial charge is 0.160 e. The van der Waals surface area contributed by atoms with Gasteiger partial charge in [-0.25, -0.2) is 9.97 Å². The van der Waals surface area contributed by atoms with Crippen LogP contribution >= 0.6 is 0 Å². The molecule has 3 heteroatoms.